The first-order valence-electron chi connectivity index (χ1n) is 6.28. The first-order chi connectivity index (χ1) is 8.72. The molecule has 0 heterocycles. The molecule has 1 aromatic carbocycles. The van der Waals surface area contributed by atoms with Crippen molar-refractivity contribution < 1.29 is 9.59 Å². The molecule has 4 nitrogen and oxygen atoms in total. The highest BCUT2D eigenvalue weighted by molar-refractivity contribution is 5.78. The fourth-order valence-electron chi connectivity index (χ4n) is 1.75. The second kappa shape index (κ2) is 7.48. The molecular formula is C14H20N2O2. The average molecular weight is 248 g/mol. The minimum Gasteiger partial charge on any atom is -0.325 e. The molecule has 1 unspecified atom stereocenters. The highest BCUT2D eigenvalue weighted by Crippen LogP contribution is 2.10. The van der Waals surface area contributed by atoms with Crippen molar-refractivity contribution >= 4 is 12.3 Å². The fraction of sp³-hybridized carbons (Fsp3) is 0.429. The van der Waals surface area contributed by atoms with Crippen LogP contribution in [0.5, 0.6) is 0 Å². The lowest BCUT2D eigenvalue weighted by Gasteiger charge is -2.23. The SMILES string of the molecule is CCCN(CC)C(=O)NC(C=O)c1ccccc1. The van der Waals surface area contributed by atoms with Gasteiger partial charge in [0, 0.05) is 13.1 Å². The van der Waals surface area contributed by atoms with Crippen molar-refractivity contribution in [2.45, 2.75) is 26.3 Å². The van der Waals surface area contributed by atoms with Crippen LogP contribution in [0.25, 0.3) is 0 Å². The van der Waals surface area contributed by atoms with Crippen LogP contribution in [0.15, 0.2) is 30.3 Å². The van der Waals surface area contributed by atoms with Gasteiger partial charge in [-0.3, -0.25) is 0 Å². The summed E-state index contributed by atoms with van der Waals surface area (Å²) in [5.41, 5.74) is 0.799. The van der Waals surface area contributed by atoms with Crippen LogP contribution in [-0.2, 0) is 4.79 Å². The Balaban J connectivity index is 2.69. The molecule has 1 atom stereocenters. The third-order valence-corrected chi connectivity index (χ3v) is 2.74. The third kappa shape index (κ3) is 3.87. The van der Waals surface area contributed by atoms with Gasteiger partial charge in [0.2, 0.25) is 0 Å². The summed E-state index contributed by atoms with van der Waals surface area (Å²) < 4.78 is 0. The van der Waals surface area contributed by atoms with E-state index in [0.29, 0.717) is 13.1 Å². The van der Waals surface area contributed by atoms with Crippen LogP contribution in [0.4, 0.5) is 4.79 Å². The Kier molecular flexibility index (Phi) is 5.91. The molecule has 4 heteroatoms. The number of nitrogens with one attached hydrogen (secondary N) is 1. The standard InChI is InChI=1S/C14H20N2O2/c1-3-10-16(4-2)14(18)15-13(11-17)12-8-6-5-7-9-12/h5-9,11,13H,3-4,10H2,1-2H3,(H,15,18). The van der Waals surface area contributed by atoms with Gasteiger partial charge in [0.1, 0.15) is 12.3 Å². The van der Waals surface area contributed by atoms with Crippen molar-refractivity contribution in [3.63, 3.8) is 0 Å². The Bertz CT molecular complexity index is 379. The van der Waals surface area contributed by atoms with E-state index < -0.39 is 6.04 Å². The van der Waals surface area contributed by atoms with Gasteiger partial charge in [0.15, 0.2) is 0 Å². The number of aldehydes is 1. The van der Waals surface area contributed by atoms with Gasteiger partial charge in [-0.05, 0) is 18.9 Å². The highest BCUT2D eigenvalue weighted by Gasteiger charge is 2.16. The number of rotatable bonds is 6. The van der Waals surface area contributed by atoms with Gasteiger partial charge in [-0.1, -0.05) is 37.3 Å². The van der Waals surface area contributed by atoms with Crippen molar-refractivity contribution in [2.24, 2.45) is 0 Å². The van der Waals surface area contributed by atoms with Gasteiger partial charge < -0.3 is 15.0 Å². The van der Waals surface area contributed by atoms with Gasteiger partial charge >= 0.3 is 6.03 Å². The Hall–Kier alpha value is -1.84. The minimum absolute atomic E-state index is 0.194. The fourth-order valence-corrected chi connectivity index (χ4v) is 1.75. The van der Waals surface area contributed by atoms with Crippen LogP contribution in [0.1, 0.15) is 31.9 Å². The van der Waals surface area contributed by atoms with Crippen molar-refractivity contribution in [1.29, 1.82) is 0 Å². The lowest BCUT2D eigenvalue weighted by Crippen LogP contribution is -2.42. The number of benzene rings is 1. The molecule has 0 spiro atoms. The largest absolute Gasteiger partial charge is 0.325 e. The van der Waals surface area contributed by atoms with E-state index in [4.69, 9.17) is 0 Å². The zero-order valence-corrected chi connectivity index (χ0v) is 10.9. The van der Waals surface area contributed by atoms with E-state index in [-0.39, 0.29) is 6.03 Å². The zero-order chi connectivity index (χ0) is 13.4. The molecule has 98 valence electrons. The predicted octanol–water partition coefficient (Wildman–Crippen LogP) is 2.37. The lowest BCUT2D eigenvalue weighted by molar-refractivity contribution is -0.109. The van der Waals surface area contributed by atoms with E-state index in [1.165, 1.54) is 0 Å². The second-order valence-electron chi connectivity index (χ2n) is 4.05. The van der Waals surface area contributed by atoms with Gasteiger partial charge in [-0.2, -0.15) is 0 Å². The topological polar surface area (TPSA) is 49.4 Å². The first-order valence-corrected chi connectivity index (χ1v) is 6.28. The summed E-state index contributed by atoms with van der Waals surface area (Å²) in [4.78, 5) is 24.7. The van der Waals surface area contributed by atoms with E-state index in [2.05, 4.69) is 5.32 Å². The maximum absolute atomic E-state index is 12.0. The van der Waals surface area contributed by atoms with Crippen LogP contribution >= 0.6 is 0 Å². The smallest absolute Gasteiger partial charge is 0.318 e. The number of hydrogen-bond donors (Lipinski definition) is 1. The molecule has 1 rings (SSSR count). The first kappa shape index (κ1) is 14.2. The van der Waals surface area contributed by atoms with Crippen molar-refractivity contribution in [3.8, 4) is 0 Å². The van der Waals surface area contributed by atoms with Gasteiger partial charge in [-0.15, -0.1) is 0 Å². The summed E-state index contributed by atoms with van der Waals surface area (Å²) in [5.74, 6) is 0. The number of carbonyl (C=O) groups is 2. The number of amides is 2. The third-order valence-electron chi connectivity index (χ3n) is 2.74. The summed E-state index contributed by atoms with van der Waals surface area (Å²) in [6.07, 6.45) is 1.66. The van der Waals surface area contributed by atoms with Crippen molar-refractivity contribution in [2.75, 3.05) is 13.1 Å². The van der Waals surface area contributed by atoms with Gasteiger partial charge in [0.05, 0.1) is 0 Å². The van der Waals surface area contributed by atoms with E-state index in [1.807, 2.05) is 44.2 Å². The van der Waals surface area contributed by atoms with Crippen LogP contribution in [0, 0.1) is 0 Å². The van der Waals surface area contributed by atoms with Crippen molar-refractivity contribution in [3.05, 3.63) is 35.9 Å². The molecule has 0 fully saturated rings. The molecule has 0 aliphatic rings. The molecule has 0 saturated carbocycles. The molecule has 0 radical (unpaired) electrons. The van der Waals surface area contributed by atoms with E-state index >= 15 is 0 Å². The Morgan fingerprint density at radius 3 is 2.50 bits per heavy atom. The molecular weight excluding hydrogens is 228 g/mol. The highest BCUT2D eigenvalue weighted by atomic mass is 16.2. The Morgan fingerprint density at radius 2 is 2.00 bits per heavy atom. The van der Waals surface area contributed by atoms with Gasteiger partial charge in [-0.25, -0.2) is 4.79 Å². The maximum Gasteiger partial charge on any atom is 0.318 e. The van der Waals surface area contributed by atoms with Crippen LogP contribution in [0.2, 0.25) is 0 Å². The molecule has 1 N–H and O–H groups in total. The summed E-state index contributed by atoms with van der Waals surface area (Å²) in [6.45, 7) is 5.28. The Labute approximate surface area is 108 Å². The number of urea groups is 1. The molecule has 0 aliphatic carbocycles. The Morgan fingerprint density at radius 1 is 1.33 bits per heavy atom. The molecule has 2 amide bonds. The van der Waals surface area contributed by atoms with Crippen LogP contribution in [-0.4, -0.2) is 30.3 Å². The molecule has 0 saturated heterocycles. The van der Waals surface area contributed by atoms with E-state index in [9.17, 15) is 9.59 Å². The number of carbonyl (C=O) groups excluding carboxylic acids is 2. The van der Waals surface area contributed by atoms with Crippen molar-refractivity contribution in [1.82, 2.24) is 10.2 Å². The molecule has 0 bridgehead atoms. The van der Waals surface area contributed by atoms with Crippen LogP contribution < -0.4 is 5.32 Å². The molecule has 0 aromatic heterocycles. The zero-order valence-electron chi connectivity index (χ0n) is 10.9. The van der Waals surface area contributed by atoms with E-state index in [0.717, 1.165) is 18.3 Å². The maximum atomic E-state index is 12.0. The summed E-state index contributed by atoms with van der Waals surface area (Å²) >= 11 is 0. The molecule has 1 aromatic rings. The monoisotopic (exact) mass is 248 g/mol. The quantitative estimate of drug-likeness (QED) is 0.786. The average Bonchev–Trinajstić information content (AvgIpc) is 2.42. The molecule has 18 heavy (non-hydrogen) atoms. The van der Waals surface area contributed by atoms with E-state index in [1.54, 1.807) is 4.90 Å². The number of hydrogen-bond acceptors (Lipinski definition) is 2. The predicted molar refractivity (Wildman–Crippen MR) is 71.3 cm³/mol. The summed E-state index contributed by atoms with van der Waals surface area (Å²) in [7, 11) is 0. The summed E-state index contributed by atoms with van der Waals surface area (Å²) in [6, 6.07) is 8.46. The second-order valence-corrected chi connectivity index (χ2v) is 4.05. The normalized spacial score (nSPS) is 11.7. The van der Waals surface area contributed by atoms with Crippen LogP contribution in [0.3, 0.4) is 0 Å². The number of nitrogens with zero attached hydrogens (tertiary/aromatic N) is 1. The lowest BCUT2D eigenvalue weighted by atomic mass is 10.1. The summed E-state index contributed by atoms with van der Waals surface area (Å²) in [5, 5.41) is 2.74. The molecule has 0 aliphatic heterocycles. The van der Waals surface area contributed by atoms with Gasteiger partial charge in [0.25, 0.3) is 0 Å². The minimum atomic E-state index is -0.579.